The summed E-state index contributed by atoms with van der Waals surface area (Å²) in [4.78, 5) is 16.6. The molecular formula is C19H18N2O4. The Kier molecular flexibility index (Phi) is 4.99. The van der Waals surface area contributed by atoms with E-state index in [0.717, 1.165) is 5.56 Å². The Balaban J connectivity index is 1.70. The van der Waals surface area contributed by atoms with Gasteiger partial charge in [-0.25, -0.2) is 4.98 Å². The third kappa shape index (κ3) is 3.80. The molecule has 1 N–H and O–H groups in total. The number of rotatable bonds is 6. The van der Waals surface area contributed by atoms with E-state index in [1.807, 2.05) is 30.3 Å². The van der Waals surface area contributed by atoms with Gasteiger partial charge in [0.05, 0.1) is 32.5 Å². The number of methoxy groups -OCH3 is 2. The van der Waals surface area contributed by atoms with Crippen molar-refractivity contribution in [2.24, 2.45) is 0 Å². The van der Waals surface area contributed by atoms with Crippen molar-refractivity contribution >= 4 is 5.91 Å². The van der Waals surface area contributed by atoms with Gasteiger partial charge in [-0.05, 0) is 18.2 Å². The summed E-state index contributed by atoms with van der Waals surface area (Å²) in [6.07, 6.45) is 1.64. The highest BCUT2D eigenvalue weighted by atomic mass is 16.5. The van der Waals surface area contributed by atoms with E-state index in [9.17, 15) is 4.79 Å². The molecule has 25 heavy (non-hydrogen) atoms. The largest absolute Gasteiger partial charge is 0.497 e. The minimum absolute atomic E-state index is 0.173. The lowest BCUT2D eigenvalue weighted by Crippen LogP contribution is -2.23. The summed E-state index contributed by atoms with van der Waals surface area (Å²) in [5, 5.41) is 2.78. The number of nitrogens with one attached hydrogen (secondary N) is 1. The summed E-state index contributed by atoms with van der Waals surface area (Å²) in [6, 6.07) is 14.7. The third-order valence-electron chi connectivity index (χ3n) is 3.66. The van der Waals surface area contributed by atoms with Crippen molar-refractivity contribution in [3.05, 3.63) is 66.2 Å². The Bertz CT molecular complexity index is 859. The average molecular weight is 338 g/mol. The first kappa shape index (κ1) is 16.6. The van der Waals surface area contributed by atoms with Gasteiger partial charge in [0, 0.05) is 5.56 Å². The normalized spacial score (nSPS) is 10.3. The average Bonchev–Trinajstić information content (AvgIpc) is 3.15. The molecule has 2 aromatic carbocycles. The molecule has 6 nitrogen and oxygen atoms in total. The highest BCUT2D eigenvalue weighted by Crippen LogP contribution is 2.24. The smallest absolute Gasteiger partial charge is 0.255 e. The zero-order valence-corrected chi connectivity index (χ0v) is 14.0. The first-order valence-corrected chi connectivity index (χ1v) is 7.71. The van der Waals surface area contributed by atoms with Crippen LogP contribution in [0, 0.1) is 0 Å². The molecule has 0 atom stereocenters. The van der Waals surface area contributed by atoms with Crippen molar-refractivity contribution < 1.29 is 18.7 Å². The summed E-state index contributed by atoms with van der Waals surface area (Å²) in [6.45, 7) is 0.173. The van der Waals surface area contributed by atoms with Gasteiger partial charge in [-0.15, -0.1) is 0 Å². The predicted octanol–water partition coefficient (Wildman–Crippen LogP) is 3.29. The lowest BCUT2D eigenvalue weighted by molar-refractivity contribution is 0.0944. The van der Waals surface area contributed by atoms with Gasteiger partial charge in [0.1, 0.15) is 11.5 Å². The molecule has 0 aliphatic carbocycles. The van der Waals surface area contributed by atoms with Gasteiger partial charge in [-0.1, -0.05) is 30.3 Å². The molecule has 128 valence electrons. The van der Waals surface area contributed by atoms with Crippen molar-refractivity contribution in [1.82, 2.24) is 10.3 Å². The molecule has 0 fully saturated rings. The molecule has 0 radical (unpaired) electrons. The minimum Gasteiger partial charge on any atom is -0.497 e. The van der Waals surface area contributed by atoms with Gasteiger partial charge < -0.3 is 19.2 Å². The summed E-state index contributed by atoms with van der Waals surface area (Å²) in [5.41, 5.74) is 1.32. The maximum Gasteiger partial charge on any atom is 0.255 e. The maximum atomic E-state index is 12.4. The Morgan fingerprint density at radius 3 is 2.64 bits per heavy atom. The number of ether oxygens (including phenoxy) is 2. The molecular weight excluding hydrogens is 320 g/mol. The number of amides is 1. The van der Waals surface area contributed by atoms with E-state index in [0.29, 0.717) is 28.7 Å². The van der Waals surface area contributed by atoms with Crippen LogP contribution in [-0.4, -0.2) is 25.1 Å². The summed E-state index contributed by atoms with van der Waals surface area (Å²) in [7, 11) is 3.06. The van der Waals surface area contributed by atoms with Crippen molar-refractivity contribution in [3.63, 3.8) is 0 Å². The number of benzene rings is 2. The summed E-state index contributed by atoms with van der Waals surface area (Å²) >= 11 is 0. The second kappa shape index (κ2) is 7.53. The molecule has 0 saturated carbocycles. The second-order valence-corrected chi connectivity index (χ2v) is 5.23. The SMILES string of the molecule is COc1ccc(OC)c(C(=O)NCc2ncc(-c3ccccc3)o2)c1. The van der Waals surface area contributed by atoms with Gasteiger partial charge in [0.15, 0.2) is 5.76 Å². The van der Waals surface area contributed by atoms with Gasteiger partial charge >= 0.3 is 0 Å². The molecule has 0 aliphatic rings. The fourth-order valence-corrected chi connectivity index (χ4v) is 2.37. The Morgan fingerprint density at radius 2 is 1.92 bits per heavy atom. The van der Waals surface area contributed by atoms with Gasteiger partial charge in [-0.3, -0.25) is 4.79 Å². The third-order valence-corrected chi connectivity index (χ3v) is 3.66. The van der Waals surface area contributed by atoms with E-state index in [1.54, 1.807) is 31.5 Å². The molecule has 3 rings (SSSR count). The number of carbonyl (C=O) groups excluding carboxylic acids is 1. The number of oxazole rings is 1. The van der Waals surface area contributed by atoms with Crippen LogP contribution in [0.3, 0.4) is 0 Å². The first-order valence-electron chi connectivity index (χ1n) is 7.71. The van der Waals surface area contributed by atoms with Crippen molar-refractivity contribution in [2.45, 2.75) is 6.54 Å². The minimum atomic E-state index is -0.296. The Hall–Kier alpha value is -3.28. The fraction of sp³-hybridized carbons (Fsp3) is 0.158. The molecule has 0 unspecified atom stereocenters. The molecule has 1 amide bonds. The van der Waals surface area contributed by atoms with Crippen LogP contribution in [0.4, 0.5) is 0 Å². The van der Waals surface area contributed by atoms with Crippen LogP contribution in [0.15, 0.2) is 59.1 Å². The van der Waals surface area contributed by atoms with Gasteiger partial charge in [-0.2, -0.15) is 0 Å². The molecule has 6 heteroatoms. The summed E-state index contributed by atoms with van der Waals surface area (Å²) < 4.78 is 16.1. The first-order chi connectivity index (χ1) is 12.2. The molecule has 0 aliphatic heterocycles. The van der Waals surface area contributed by atoms with Crippen LogP contribution in [0.1, 0.15) is 16.2 Å². The number of nitrogens with zero attached hydrogens (tertiary/aromatic N) is 1. The molecule has 0 spiro atoms. The van der Waals surface area contributed by atoms with Gasteiger partial charge in [0.25, 0.3) is 5.91 Å². The predicted molar refractivity (Wildman–Crippen MR) is 92.7 cm³/mol. The number of carbonyl (C=O) groups is 1. The van der Waals surface area contributed by atoms with E-state index < -0.39 is 0 Å². The van der Waals surface area contributed by atoms with Crippen LogP contribution in [-0.2, 0) is 6.54 Å². The highest BCUT2D eigenvalue weighted by molar-refractivity contribution is 5.97. The highest BCUT2D eigenvalue weighted by Gasteiger charge is 2.15. The van der Waals surface area contributed by atoms with E-state index >= 15 is 0 Å². The van der Waals surface area contributed by atoms with Crippen LogP contribution in [0.5, 0.6) is 11.5 Å². The number of hydrogen-bond acceptors (Lipinski definition) is 5. The molecule has 0 saturated heterocycles. The van der Waals surface area contributed by atoms with E-state index in [2.05, 4.69) is 10.3 Å². The van der Waals surface area contributed by atoms with Crippen LogP contribution >= 0.6 is 0 Å². The quantitative estimate of drug-likeness (QED) is 0.746. The van der Waals surface area contributed by atoms with Crippen LogP contribution < -0.4 is 14.8 Å². The zero-order valence-electron chi connectivity index (χ0n) is 14.0. The summed E-state index contributed by atoms with van der Waals surface area (Å²) in [5.74, 6) is 1.83. The van der Waals surface area contributed by atoms with Gasteiger partial charge in [0.2, 0.25) is 5.89 Å². The van der Waals surface area contributed by atoms with E-state index in [1.165, 1.54) is 7.11 Å². The van der Waals surface area contributed by atoms with Crippen LogP contribution in [0.2, 0.25) is 0 Å². The number of hydrogen-bond donors (Lipinski definition) is 1. The lowest BCUT2D eigenvalue weighted by atomic mass is 10.1. The molecule has 1 aromatic heterocycles. The zero-order chi connectivity index (χ0) is 17.6. The fourth-order valence-electron chi connectivity index (χ4n) is 2.37. The Morgan fingerprint density at radius 1 is 1.12 bits per heavy atom. The van der Waals surface area contributed by atoms with E-state index in [4.69, 9.17) is 13.9 Å². The monoisotopic (exact) mass is 338 g/mol. The van der Waals surface area contributed by atoms with E-state index in [-0.39, 0.29) is 12.5 Å². The number of aromatic nitrogens is 1. The van der Waals surface area contributed by atoms with Crippen LogP contribution in [0.25, 0.3) is 11.3 Å². The second-order valence-electron chi connectivity index (χ2n) is 5.23. The topological polar surface area (TPSA) is 73.6 Å². The molecule has 1 heterocycles. The molecule has 3 aromatic rings. The van der Waals surface area contributed by atoms with Crippen molar-refractivity contribution in [2.75, 3.05) is 14.2 Å². The molecule has 0 bridgehead atoms. The standard InChI is InChI=1S/C19H18N2O4/c1-23-14-8-9-16(24-2)15(10-14)19(22)21-12-18-20-11-17(25-18)13-6-4-3-5-7-13/h3-11H,12H2,1-2H3,(H,21,22). The van der Waals surface area contributed by atoms with Crippen molar-refractivity contribution in [3.8, 4) is 22.8 Å². The Labute approximate surface area is 145 Å². The lowest BCUT2D eigenvalue weighted by Gasteiger charge is -2.10. The maximum absolute atomic E-state index is 12.4. The van der Waals surface area contributed by atoms with Crippen molar-refractivity contribution in [1.29, 1.82) is 0 Å².